The highest BCUT2D eigenvalue weighted by atomic mass is 16.5. The SMILES string of the molecule is COc1cccc(Cc2cc(C(=O)O)c(C)c(C(=O)O)c2COCc2ccccc2)c1. The molecule has 0 saturated carbocycles. The minimum Gasteiger partial charge on any atom is -0.497 e. The number of methoxy groups -OCH3 is 1. The van der Waals surface area contributed by atoms with Gasteiger partial charge < -0.3 is 19.7 Å². The fraction of sp³-hybridized carbons (Fsp3) is 0.200. The molecule has 3 rings (SSSR count). The summed E-state index contributed by atoms with van der Waals surface area (Å²) >= 11 is 0. The molecule has 0 atom stereocenters. The van der Waals surface area contributed by atoms with Crippen LogP contribution in [0.3, 0.4) is 0 Å². The number of ether oxygens (including phenoxy) is 2. The van der Waals surface area contributed by atoms with Crippen molar-refractivity contribution in [2.24, 2.45) is 0 Å². The van der Waals surface area contributed by atoms with Crippen molar-refractivity contribution in [1.82, 2.24) is 0 Å². The van der Waals surface area contributed by atoms with Crippen LogP contribution in [0.4, 0.5) is 0 Å². The van der Waals surface area contributed by atoms with Gasteiger partial charge in [0.25, 0.3) is 0 Å². The van der Waals surface area contributed by atoms with E-state index in [1.165, 1.54) is 6.92 Å². The molecule has 160 valence electrons. The van der Waals surface area contributed by atoms with Gasteiger partial charge in [0.1, 0.15) is 5.75 Å². The summed E-state index contributed by atoms with van der Waals surface area (Å²) in [5, 5.41) is 19.5. The maximum atomic E-state index is 12.1. The molecule has 3 aromatic rings. The van der Waals surface area contributed by atoms with Gasteiger partial charge in [-0.25, -0.2) is 9.59 Å². The highest BCUT2D eigenvalue weighted by molar-refractivity contribution is 5.98. The van der Waals surface area contributed by atoms with Crippen molar-refractivity contribution < 1.29 is 29.3 Å². The average Bonchev–Trinajstić information content (AvgIpc) is 2.75. The van der Waals surface area contributed by atoms with Crippen LogP contribution in [0.25, 0.3) is 0 Å². The fourth-order valence-electron chi connectivity index (χ4n) is 3.57. The van der Waals surface area contributed by atoms with Gasteiger partial charge in [-0.2, -0.15) is 0 Å². The van der Waals surface area contributed by atoms with E-state index in [0.29, 0.717) is 29.9 Å². The first-order valence-corrected chi connectivity index (χ1v) is 9.77. The Labute approximate surface area is 180 Å². The highest BCUT2D eigenvalue weighted by Crippen LogP contribution is 2.28. The maximum Gasteiger partial charge on any atom is 0.336 e. The Morgan fingerprint density at radius 3 is 2.23 bits per heavy atom. The summed E-state index contributed by atoms with van der Waals surface area (Å²) in [6.07, 6.45) is 0.349. The summed E-state index contributed by atoms with van der Waals surface area (Å²) in [7, 11) is 1.57. The van der Waals surface area contributed by atoms with Crippen molar-refractivity contribution in [2.75, 3.05) is 7.11 Å². The molecule has 0 fully saturated rings. The molecule has 0 spiro atoms. The van der Waals surface area contributed by atoms with Crippen molar-refractivity contribution in [2.45, 2.75) is 26.6 Å². The number of hydrogen-bond acceptors (Lipinski definition) is 4. The van der Waals surface area contributed by atoms with Crippen LogP contribution in [-0.4, -0.2) is 29.3 Å². The third kappa shape index (κ3) is 5.29. The first-order valence-electron chi connectivity index (χ1n) is 9.77. The second kappa shape index (κ2) is 9.91. The molecule has 0 aliphatic heterocycles. The Hall–Kier alpha value is -3.64. The van der Waals surface area contributed by atoms with Gasteiger partial charge in [-0.3, -0.25) is 0 Å². The second-order valence-electron chi connectivity index (χ2n) is 7.18. The summed E-state index contributed by atoms with van der Waals surface area (Å²) in [6, 6.07) is 18.5. The van der Waals surface area contributed by atoms with Gasteiger partial charge in [0.05, 0.1) is 31.5 Å². The Morgan fingerprint density at radius 2 is 1.58 bits per heavy atom. The molecule has 0 aliphatic rings. The third-order valence-electron chi connectivity index (χ3n) is 5.12. The molecular formula is C25H24O6. The maximum absolute atomic E-state index is 12.1. The van der Waals surface area contributed by atoms with Crippen LogP contribution in [0.15, 0.2) is 60.7 Å². The van der Waals surface area contributed by atoms with Crippen LogP contribution < -0.4 is 4.74 Å². The van der Waals surface area contributed by atoms with Crippen LogP contribution in [0.5, 0.6) is 5.75 Å². The Balaban J connectivity index is 2.02. The summed E-state index contributed by atoms with van der Waals surface area (Å²) < 4.78 is 11.1. The number of carboxylic acid groups (broad SMARTS) is 2. The monoisotopic (exact) mass is 420 g/mol. The summed E-state index contributed by atoms with van der Waals surface area (Å²) in [5.74, 6) is -1.67. The molecule has 0 bridgehead atoms. The molecule has 0 unspecified atom stereocenters. The number of hydrogen-bond donors (Lipinski definition) is 2. The Kier molecular flexibility index (Phi) is 7.05. The van der Waals surface area contributed by atoms with E-state index in [1.807, 2.05) is 54.6 Å². The van der Waals surface area contributed by atoms with Crippen LogP contribution >= 0.6 is 0 Å². The zero-order valence-corrected chi connectivity index (χ0v) is 17.4. The predicted molar refractivity (Wildman–Crippen MR) is 116 cm³/mol. The fourth-order valence-corrected chi connectivity index (χ4v) is 3.57. The third-order valence-corrected chi connectivity index (χ3v) is 5.12. The molecule has 2 N–H and O–H groups in total. The smallest absolute Gasteiger partial charge is 0.336 e. The highest BCUT2D eigenvalue weighted by Gasteiger charge is 2.23. The lowest BCUT2D eigenvalue weighted by Gasteiger charge is -2.18. The normalized spacial score (nSPS) is 10.6. The first-order chi connectivity index (χ1) is 14.9. The van der Waals surface area contributed by atoms with Gasteiger partial charge in [0.2, 0.25) is 0 Å². The van der Waals surface area contributed by atoms with Crippen molar-refractivity contribution in [3.63, 3.8) is 0 Å². The molecular weight excluding hydrogens is 396 g/mol. The summed E-state index contributed by atoms with van der Waals surface area (Å²) in [4.78, 5) is 23.9. The first kappa shape index (κ1) is 22.1. The van der Waals surface area contributed by atoms with E-state index in [2.05, 4.69) is 0 Å². The molecule has 0 heterocycles. The van der Waals surface area contributed by atoms with Crippen LogP contribution in [0.1, 0.15) is 48.5 Å². The number of aromatic carboxylic acids is 2. The van der Waals surface area contributed by atoms with Gasteiger partial charge >= 0.3 is 11.9 Å². The number of benzene rings is 3. The quantitative estimate of drug-likeness (QED) is 0.521. The van der Waals surface area contributed by atoms with E-state index in [9.17, 15) is 19.8 Å². The molecule has 0 aliphatic carbocycles. The van der Waals surface area contributed by atoms with Gasteiger partial charge in [0.15, 0.2) is 0 Å². The lowest BCUT2D eigenvalue weighted by atomic mass is 9.89. The molecule has 0 radical (unpaired) electrons. The lowest BCUT2D eigenvalue weighted by molar-refractivity contribution is 0.0682. The van der Waals surface area contributed by atoms with Crippen molar-refractivity contribution >= 4 is 11.9 Å². The molecule has 3 aromatic carbocycles. The molecule has 0 saturated heterocycles. The summed E-state index contributed by atoms with van der Waals surface area (Å²) in [5.41, 5.74) is 3.09. The average molecular weight is 420 g/mol. The minimum atomic E-state index is -1.18. The summed E-state index contributed by atoms with van der Waals surface area (Å²) in [6.45, 7) is 1.89. The van der Waals surface area contributed by atoms with Crippen LogP contribution in [0, 0.1) is 6.92 Å². The van der Waals surface area contributed by atoms with E-state index in [-0.39, 0.29) is 23.3 Å². The van der Waals surface area contributed by atoms with E-state index in [4.69, 9.17) is 9.47 Å². The standard InChI is InChI=1S/C25H24O6/c1-16-21(24(26)27)13-19(11-18-9-6-10-20(12-18)30-2)22(23(16)25(28)29)15-31-14-17-7-4-3-5-8-17/h3-10,12-13H,11,14-15H2,1-2H3,(H,26,27)(H,28,29). The van der Waals surface area contributed by atoms with Gasteiger partial charge in [0, 0.05) is 0 Å². The van der Waals surface area contributed by atoms with E-state index >= 15 is 0 Å². The number of carboxylic acids is 2. The molecule has 6 nitrogen and oxygen atoms in total. The molecule has 0 aromatic heterocycles. The molecule has 0 amide bonds. The van der Waals surface area contributed by atoms with E-state index in [0.717, 1.165) is 11.1 Å². The van der Waals surface area contributed by atoms with Crippen LogP contribution in [-0.2, 0) is 24.4 Å². The van der Waals surface area contributed by atoms with Crippen molar-refractivity contribution in [3.8, 4) is 5.75 Å². The van der Waals surface area contributed by atoms with Crippen LogP contribution in [0.2, 0.25) is 0 Å². The van der Waals surface area contributed by atoms with Gasteiger partial charge in [-0.05, 0) is 59.4 Å². The van der Waals surface area contributed by atoms with E-state index < -0.39 is 11.9 Å². The molecule has 31 heavy (non-hydrogen) atoms. The topological polar surface area (TPSA) is 93.1 Å². The molecule has 6 heteroatoms. The predicted octanol–water partition coefficient (Wildman–Crippen LogP) is 4.71. The Bertz CT molecular complexity index is 1090. The lowest BCUT2D eigenvalue weighted by Crippen LogP contribution is -2.15. The van der Waals surface area contributed by atoms with Gasteiger partial charge in [-0.1, -0.05) is 42.5 Å². The van der Waals surface area contributed by atoms with Gasteiger partial charge in [-0.15, -0.1) is 0 Å². The zero-order chi connectivity index (χ0) is 22.4. The second-order valence-corrected chi connectivity index (χ2v) is 7.18. The Morgan fingerprint density at radius 1 is 0.871 bits per heavy atom. The largest absolute Gasteiger partial charge is 0.497 e. The minimum absolute atomic E-state index is 0.0224. The van der Waals surface area contributed by atoms with Crippen molar-refractivity contribution in [1.29, 1.82) is 0 Å². The number of carbonyl (C=O) groups is 2. The number of rotatable bonds is 9. The zero-order valence-electron chi connectivity index (χ0n) is 17.4. The van der Waals surface area contributed by atoms with E-state index in [1.54, 1.807) is 13.2 Å². The van der Waals surface area contributed by atoms with Crippen molar-refractivity contribution in [3.05, 3.63) is 99.6 Å².